The largest absolute Gasteiger partial charge is 0.399 e. The fraction of sp³-hybridized carbons (Fsp3) is 0.143. The summed E-state index contributed by atoms with van der Waals surface area (Å²) in [5.41, 5.74) is 7.64. The van der Waals surface area contributed by atoms with Gasteiger partial charge in [0.1, 0.15) is 0 Å². The van der Waals surface area contributed by atoms with Gasteiger partial charge in [-0.3, -0.25) is 0 Å². The van der Waals surface area contributed by atoms with E-state index in [9.17, 15) is 8.42 Å². The summed E-state index contributed by atoms with van der Waals surface area (Å²) < 4.78 is 25.9. The fourth-order valence-corrected chi connectivity index (χ4v) is 3.85. The molecule has 100 valence electrons. The lowest BCUT2D eigenvalue weighted by molar-refractivity contribution is 0.594. The average Bonchev–Trinajstić information content (AvgIpc) is 2.35. The summed E-state index contributed by atoms with van der Waals surface area (Å²) in [6.45, 7) is 1.78. The molecule has 5 heteroatoms. The summed E-state index contributed by atoms with van der Waals surface area (Å²) >= 11 is 2.19. The van der Waals surface area contributed by atoms with Crippen molar-refractivity contribution in [2.75, 3.05) is 5.73 Å². The van der Waals surface area contributed by atoms with Gasteiger partial charge >= 0.3 is 0 Å². The zero-order chi connectivity index (χ0) is 14.0. The molecule has 0 spiro atoms. The van der Waals surface area contributed by atoms with Gasteiger partial charge in [0.05, 0.1) is 10.6 Å². The first kappa shape index (κ1) is 14.3. The molecular formula is C14H14INO2S. The van der Waals surface area contributed by atoms with E-state index in [4.69, 9.17) is 5.73 Å². The molecule has 0 amide bonds. The number of nitrogen functional groups attached to an aromatic ring is 1. The van der Waals surface area contributed by atoms with Gasteiger partial charge < -0.3 is 5.73 Å². The summed E-state index contributed by atoms with van der Waals surface area (Å²) in [6.07, 6.45) is 0. The van der Waals surface area contributed by atoms with Crippen molar-refractivity contribution in [3.63, 3.8) is 0 Å². The summed E-state index contributed by atoms with van der Waals surface area (Å²) in [4.78, 5) is 0.311. The van der Waals surface area contributed by atoms with Gasteiger partial charge in [0.25, 0.3) is 0 Å². The normalized spacial score (nSPS) is 11.5. The minimum Gasteiger partial charge on any atom is -0.399 e. The van der Waals surface area contributed by atoms with Crippen molar-refractivity contribution in [2.45, 2.75) is 17.6 Å². The fourth-order valence-electron chi connectivity index (χ4n) is 1.83. The van der Waals surface area contributed by atoms with E-state index in [1.807, 2.05) is 24.3 Å². The lowest BCUT2D eigenvalue weighted by atomic mass is 10.2. The quantitative estimate of drug-likeness (QED) is 0.650. The van der Waals surface area contributed by atoms with Gasteiger partial charge in [-0.15, -0.1) is 0 Å². The molecule has 0 radical (unpaired) electrons. The van der Waals surface area contributed by atoms with Crippen LogP contribution in [0, 0.1) is 10.5 Å². The third kappa shape index (κ3) is 3.48. The van der Waals surface area contributed by atoms with Crippen LogP contribution in [0.5, 0.6) is 0 Å². The zero-order valence-electron chi connectivity index (χ0n) is 10.4. The number of hydrogen-bond donors (Lipinski definition) is 1. The molecular weight excluding hydrogens is 373 g/mol. The number of benzene rings is 2. The van der Waals surface area contributed by atoms with Gasteiger partial charge in [0.15, 0.2) is 9.84 Å². The maximum absolute atomic E-state index is 12.4. The molecule has 0 aromatic heterocycles. The van der Waals surface area contributed by atoms with Crippen molar-refractivity contribution in [1.29, 1.82) is 0 Å². The van der Waals surface area contributed by atoms with Crippen molar-refractivity contribution in [1.82, 2.24) is 0 Å². The van der Waals surface area contributed by atoms with E-state index in [2.05, 4.69) is 22.6 Å². The predicted molar refractivity (Wildman–Crippen MR) is 85.6 cm³/mol. The van der Waals surface area contributed by atoms with Crippen LogP contribution in [0.25, 0.3) is 0 Å². The Morgan fingerprint density at radius 2 is 1.74 bits per heavy atom. The second-order valence-corrected chi connectivity index (χ2v) is 7.61. The Hall–Kier alpha value is -1.08. The van der Waals surface area contributed by atoms with Gasteiger partial charge in [0, 0.05) is 9.26 Å². The molecule has 0 aliphatic carbocycles. The lowest BCUT2D eigenvalue weighted by Gasteiger charge is -2.09. The standard InChI is InChI=1S/C14H14INO2S/c1-10-2-7-13(16)8-14(10)19(17,18)9-11-3-5-12(15)6-4-11/h2-8H,9,16H2,1H3. The average molecular weight is 387 g/mol. The molecule has 2 aromatic rings. The van der Waals surface area contributed by atoms with Crippen LogP contribution in [-0.2, 0) is 15.6 Å². The Morgan fingerprint density at radius 3 is 2.37 bits per heavy atom. The predicted octanol–water partition coefficient (Wildman–Crippen LogP) is 3.16. The molecule has 2 aromatic carbocycles. The Morgan fingerprint density at radius 1 is 1.11 bits per heavy atom. The highest BCUT2D eigenvalue weighted by molar-refractivity contribution is 14.1. The van der Waals surface area contributed by atoms with E-state index in [1.165, 1.54) is 6.07 Å². The number of sulfone groups is 1. The number of aryl methyl sites for hydroxylation is 1. The van der Waals surface area contributed by atoms with Crippen molar-refractivity contribution < 1.29 is 8.42 Å². The molecule has 2 N–H and O–H groups in total. The molecule has 0 atom stereocenters. The topological polar surface area (TPSA) is 60.2 Å². The molecule has 2 rings (SSSR count). The summed E-state index contributed by atoms with van der Waals surface area (Å²) in [5.74, 6) is -0.00574. The van der Waals surface area contributed by atoms with Gasteiger partial charge in [-0.25, -0.2) is 8.42 Å². The Kier molecular flexibility index (Phi) is 4.15. The maximum atomic E-state index is 12.4. The smallest absolute Gasteiger partial charge is 0.182 e. The van der Waals surface area contributed by atoms with Crippen molar-refractivity contribution in [3.05, 3.63) is 57.2 Å². The molecule has 0 fully saturated rings. The number of halogens is 1. The summed E-state index contributed by atoms with van der Waals surface area (Å²) in [7, 11) is -3.36. The lowest BCUT2D eigenvalue weighted by Crippen LogP contribution is -2.07. The first-order chi connectivity index (χ1) is 8.88. The van der Waals surface area contributed by atoms with Crippen LogP contribution >= 0.6 is 22.6 Å². The summed E-state index contributed by atoms with van der Waals surface area (Å²) in [5, 5.41) is 0. The maximum Gasteiger partial charge on any atom is 0.182 e. The minimum absolute atomic E-state index is 0.00574. The third-order valence-electron chi connectivity index (χ3n) is 2.82. The second kappa shape index (κ2) is 5.50. The van der Waals surface area contributed by atoms with Gasteiger partial charge in [0.2, 0.25) is 0 Å². The first-order valence-electron chi connectivity index (χ1n) is 5.72. The van der Waals surface area contributed by atoms with E-state index in [0.29, 0.717) is 10.6 Å². The molecule has 0 bridgehead atoms. The second-order valence-electron chi connectivity index (χ2n) is 4.41. The van der Waals surface area contributed by atoms with Crippen LogP contribution in [-0.4, -0.2) is 8.42 Å². The van der Waals surface area contributed by atoms with Crippen molar-refractivity contribution in [3.8, 4) is 0 Å². The molecule has 0 saturated carbocycles. The molecule has 0 saturated heterocycles. The van der Waals surface area contributed by atoms with E-state index >= 15 is 0 Å². The van der Waals surface area contributed by atoms with Crippen LogP contribution < -0.4 is 5.73 Å². The van der Waals surface area contributed by atoms with Crippen molar-refractivity contribution in [2.24, 2.45) is 0 Å². The number of anilines is 1. The number of nitrogens with two attached hydrogens (primary N) is 1. The monoisotopic (exact) mass is 387 g/mol. The van der Waals surface area contributed by atoms with E-state index < -0.39 is 9.84 Å². The molecule has 3 nitrogen and oxygen atoms in total. The molecule has 19 heavy (non-hydrogen) atoms. The number of rotatable bonds is 3. The van der Waals surface area contributed by atoms with Crippen LogP contribution in [0.2, 0.25) is 0 Å². The van der Waals surface area contributed by atoms with E-state index in [0.717, 1.165) is 14.7 Å². The Bertz CT molecular complexity index is 694. The summed E-state index contributed by atoms with van der Waals surface area (Å²) in [6, 6.07) is 12.4. The number of hydrogen-bond acceptors (Lipinski definition) is 3. The molecule has 0 heterocycles. The molecule has 0 unspecified atom stereocenters. The Balaban J connectivity index is 2.37. The zero-order valence-corrected chi connectivity index (χ0v) is 13.4. The van der Waals surface area contributed by atoms with Gasteiger partial charge in [-0.2, -0.15) is 0 Å². The van der Waals surface area contributed by atoms with Crippen LogP contribution in [0.15, 0.2) is 47.4 Å². The van der Waals surface area contributed by atoms with Crippen molar-refractivity contribution >= 4 is 38.1 Å². The highest BCUT2D eigenvalue weighted by Crippen LogP contribution is 2.22. The SMILES string of the molecule is Cc1ccc(N)cc1S(=O)(=O)Cc1ccc(I)cc1. The third-order valence-corrected chi connectivity index (χ3v) is 5.36. The Labute approximate surface area is 126 Å². The van der Waals surface area contributed by atoms with Crippen LogP contribution in [0.3, 0.4) is 0 Å². The van der Waals surface area contributed by atoms with Gasteiger partial charge in [-0.05, 0) is 64.9 Å². The van der Waals surface area contributed by atoms with Gasteiger partial charge in [-0.1, -0.05) is 18.2 Å². The highest BCUT2D eigenvalue weighted by atomic mass is 127. The van der Waals surface area contributed by atoms with E-state index in [1.54, 1.807) is 19.1 Å². The van der Waals surface area contributed by atoms with E-state index in [-0.39, 0.29) is 5.75 Å². The highest BCUT2D eigenvalue weighted by Gasteiger charge is 2.18. The van der Waals surface area contributed by atoms with Crippen LogP contribution in [0.4, 0.5) is 5.69 Å². The minimum atomic E-state index is -3.36. The first-order valence-corrected chi connectivity index (χ1v) is 8.45. The molecule has 0 aliphatic heterocycles. The van der Waals surface area contributed by atoms with Crippen LogP contribution in [0.1, 0.15) is 11.1 Å². The molecule has 0 aliphatic rings.